The Morgan fingerprint density at radius 3 is 2.04 bits per heavy atom. The van der Waals surface area contributed by atoms with Gasteiger partial charge in [0.15, 0.2) is 0 Å². The first-order chi connectivity index (χ1) is 12.9. The van der Waals surface area contributed by atoms with Gasteiger partial charge in [0.05, 0.1) is 16.3 Å². The average molecular weight is 423 g/mol. The van der Waals surface area contributed by atoms with Gasteiger partial charge in [-0.1, -0.05) is 6.07 Å². The van der Waals surface area contributed by atoms with E-state index in [4.69, 9.17) is 0 Å². The first-order valence-corrected chi connectivity index (χ1v) is 11.8. The van der Waals surface area contributed by atoms with Gasteiger partial charge in [-0.2, -0.15) is 0 Å². The van der Waals surface area contributed by atoms with Gasteiger partial charge in [-0.25, -0.2) is 21.1 Å². The lowest BCUT2D eigenvalue weighted by Gasteiger charge is -2.19. The molecule has 0 bridgehead atoms. The van der Waals surface area contributed by atoms with Gasteiger partial charge in [0.1, 0.15) is 0 Å². The molecule has 1 aliphatic heterocycles. The maximum absolute atomic E-state index is 13.0. The van der Waals surface area contributed by atoms with E-state index in [1.807, 2.05) is 19.9 Å². The summed E-state index contributed by atoms with van der Waals surface area (Å²) in [6.07, 6.45) is -0.0746. The molecule has 28 heavy (non-hydrogen) atoms. The van der Waals surface area contributed by atoms with E-state index in [0.29, 0.717) is 16.8 Å². The highest BCUT2D eigenvalue weighted by atomic mass is 32.2. The van der Waals surface area contributed by atoms with Crippen LogP contribution in [0.3, 0.4) is 0 Å². The second kappa shape index (κ2) is 6.89. The zero-order valence-corrected chi connectivity index (χ0v) is 17.7. The Kier molecular flexibility index (Phi) is 5.01. The molecule has 150 valence electrons. The number of amides is 1. The van der Waals surface area contributed by atoms with Gasteiger partial charge in [-0.15, -0.1) is 0 Å². The van der Waals surface area contributed by atoms with Gasteiger partial charge < -0.3 is 0 Å². The number of benzene rings is 2. The molecule has 0 unspecified atom stereocenters. The van der Waals surface area contributed by atoms with Crippen molar-refractivity contribution in [2.24, 2.45) is 0 Å². The molecule has 1 aliphatic rings. The Bertz CT molecular complexity index is 1160. The number of hydrogen-bond acceptors (Lipinski definition) is 5. The maximum Gasteiger partial charge on any atom is 0.262 e. The highest BCUT2D eigenvalue weighted by Gasteiger charge is 2.37. The molecule has 2 aromatic carbocycles. The Morgan fingerprint density at radius 2 is 1.54 bits per heavy atom. The summed E-state index contributed by atoms with van der Waals surface area (Å²) in [5.74, 6) is -0.749. The number of carbonyl (C=O) groups excluding carboxylic acids is 1. The van der Waals surface area contributed by atoms with E-state index in [1.54, 1.807) is 26.0 Å². The molecule has 0 spiro atoms. The lowest BCUT2D eigenvalue weighted by Crippen LogP contribution is -2.29. The quantitative estimate of drug-likeness (QED) is 0.817. The smallest absolute Gasteiger partial charge is 0.262 e. The van der Waals surface area contributed by atoms with Crippen LogP contribution in [0.5, 0.6) is 0 Å². The fraction of sp³-hybridized carbons (Fsp3) is 0.316. The Balaban J connectivity index is 2.03. The van der Waals surface area contributed by atoms with Crippen molar-refractivity contribution < 1.29 is 21.6 Å². The fourth-order valence-corrected chi connectivity index (χ4v) is 6.30. The number of hydrogen-bond donors (Lipinski definition) is 1. The second-order valence-corrected chi connectivity index (χ2v) is 10.6. The number of rotatable bonds is 4. The number of sulfonamides is 2. The van der Waals surface area contributed by atoms with E-state index in [2.05, 4.69) is 4.72 Å². The summed E-state index contributed by atoms with van der Waals surface area (Å²) >= 11 is 0. The summed E-state index contributed by atoms with van der Waals surface area (Å²) in [5, 5.41) is 0. The zero-order valence-electron chi connectivity index (χ0n) is 16.1. The third-order valence-corrected chi connectivity index (χ3v) is 8.16. The van der Waals surface area contributed by atoms with Crippen LogP contribution in [0.4, 0.5) is 11.4 Å². The summed E-state index contributed by atoms with van der Waals surface area (Å²) in [6.45, 7) is 7.00. The van der Waals surface area contributed by atoms with Gasteiger partial charge in [-0.05, 0) is 74.2 Å². The molecule has 1 saturated heterocycles. The third kappa shape index (κ3) is 3.64. The maximum atomic E-state index is 13.0. The Morgan fingerprint density at radius 1 is 0.929 bits per heavy atom. The third-order valence-electron chi connectivity index (χ3n) is 4.79. The summed E-state index contributed by atoms with van der Waals surface area (Å²) in [7, 11) is -7.60. The highest BCUT2D eigenvalue weighted by Crippen LogP contribution is 2.32. The van der Waals surface area contributed by atoms with E-state index < -0.39 is 26.0 Å². The fourth-order valence-electron chi connectivity index (χ4n) is 3.35. The predicted octanol–water partition coefficient (Wildman–Crippen LogP) is 2.79. The van der Waals surface area contributed by atoms with Crippen LogP contribution in [0.15, 0.2) is 35.2 Å². The van der Waals surface area contributed by atoms with Crippen LogP contribution in [0.25, 0.3) is 0 Å². The molecule has 1 amide bonds. The van der Waals surface area contributed by atoms with Crippen molar-refractivity contribution in [2.75, 3.05) is 14.8 Å². The first kappa shape index (κ1) is 20.3. The van der Waals surface area contributed by atoms with Crippen molar-refractivity contribution in [2.45, 2.75) is 39.0 Å². The monoisotopic (exact) mass is 422 g/mol. The second-order valence-electron chi connectivity index (χ2n) is 7.04. The minimum absolute atomic E-state index is 0.0681. The first-order valence-electron chi connectivity index (χ1n) is 8.69. The van der Waals surface area contributed by atoms with Crippen LogP contribution in [0.1, 0.15) is 28.7 Å². The van der Waals surface area contributed by atoms with Gasteiger partial charge in [0.2, 0.25) is 15.9 Å². The number of anilines is 2. The molecule has 1 heterocycles. The van der Waals surface area contributed by atoms with E-state index >= 15 is 0 Å². The predicted molar refractivity (Wildman–Crippen MR) is 109 cm³/mol. The lowest BCUT2D eigenvalue weighted by atomic mass is 10.1. The number of nitrogens with zero attached hydrogens (tertiary/aromatic N) is 1. The molecule has 0 aliphatic carbocycles. The van der Waals surface area contributed by atoms with Crippen molar-refractivity contribution in [3.63, 3.8) is 0 Å². The largest absolute Gasteiger partial charge is 0.280 e. The number of nitrogens with one attached hydrogen (secondary N) is 1. The van der Waals surface area contributed by atoms with Gasteiger partial charge >= 0.3 is 0 Å². The number of carbonyl (C=O) groups is 1. The molecule has 0 saturated carbocycles. The number of aryl methyl sites for hydroxylation is 4. The molecule has 3 rings (SSSR count). The van der Waals surface area contributed by atoms with Crippen LogP contribution in [0.2, 0.25) is 0 Å². The molecule has 7 nitrogen and oxygen atoms in total. The topological polar surface area (TPSA) is 101 Å². The summed E-state index contributed by atoms with van der Waals surface area (Å²) < 4.78 is 53.5. The van der Waals surface area contributed by atoms with Gasteiger partial charge in [-0.3, -0.25) is 9.52 Å². The van der Waals surface area contributed by atoms with E-state index in [0.717, 1.165) is 15.4 Å². The average Bonchev–Trinajstić information content (AvgIpc) is 2.82. The summed E-state index contributed by atoms with van der Waals surface area (Å²) in [6, 6.07) is 8.11. The van der Waals surface area contributed by atoms with E-state index in [9.17, 15) is 21.6 Å². The minimum Gasteiger partial charge on any atom is -0.280 e. The molecule has 1 N–H and O–H groups in total. The summed E-state index contributed by atoms with van der Waals surface area (Å²) in [5.41, 5.74) is 3.35. The van der Waals surface area contributed by atoms with E-state index in [-0.39, 0.29) is 22.8 Å². The molecular weight excluding hydrogens is 400 g/mol. The van der Waals surface area contributed by atoms with Crippen molar-refractivity contribution in [3.05, 3.63) is 52.6 Å². The standard InChI is InChI=1S/C19H22N2O5S2/c1-12-5-6-16(9-13(12)2)20-28(25,26)19-14(3)10-17(11-15(19)4)21-18(22)7-8-27(21,23)24/h5-6,9-11,20H,7-8H2,1-4H3. The van der Waals surface area contributed by atoms with Crippen molar-refractivity contribution in [1.29, 1.82) is 0 Å². The minimum atomic E-state index is -3.89. The molecule has 9 heteroatoms. The Hall–Kier alpha value is -2.39. The Labute approximate surface area is 165 Å². The van der Waals surface area contributed by atoms with Crippen LogP contribution in [-0.2, 0) is 24.8 Å². The van der Waals surface area contributed by atoms with Crippen LogP contribution < -0.4 is 9.03 Å². The van der Waals surface area contributed by atoms with Crippen LogP contribution in [0, 0.1) is 27.7 Å². The van der Waals surface area contributed by atoms with E-state index in [1.165, 1.54) is 12.1 Å². The molecule has 0 radical (unpaired) electrons. The lowest BCUT2D eigenvalue weighted by molar-refractivity contribution is -0.116. The summed E-state index contributed by atoms with van der Waals surface area (Å²) in [4.78, 5) is 12.1. The molecule has 2 aromatic rings. The normalized spacial score (nSPS) is 16.4. The molecular formula is C19H22N2O5S2. The van der Waals surface area contributed by atoms with Crippen molar-refractivity contribution in [3.8, 4) is 0 Å². The molecule has 0 aromatic heterocycles. The van der Waals surface area contributed by atoms with Gasteiger partial charge in [0, 0.05) is 12.1 Å². The molecule has 0 atom stereocenters. The van der Waals surface area contributed by atoms with Crippen molar-refractivity contribution >= 4 is 37.3 Å². The van der Waals surface area contributed by atoms with Gasteiger partial charge in [0.25, 0.3) is 10.0 Å². The SMILES string of the molecule is Cc1ccc(NS(=O)(=O)c2c(C)cc(N3C(=O)CCS3(=O)=O)cc2C)cc1C. The van der Waals surface area contributed by atoms with Crippen LogP contribution in [-0.4, -0.2) is 28.5 Å². The van der Waals surface area contributed by atoms with Crippen molar-refractivity contribution in [1.82, 2.24) is 0 Å². The highest BCUT2D eigenvalue weighted by molar-refractivity contribution is 7.94. The zero-order chi connectivity index (χ0) is 20.9. The molecule has 1 fully saturated rings. The van der Waals surface area contributed by atoms with Crippen LogP contribution >= 0.6 is 0 Å².